The highest BCUT2D eigenvalue weighted by Gasteiger charge is 2.67. The van der Waals surface area contributed by atoms with Crippen LogP contribution in [0.3, 0.4) is 0 Å². The Morgan fingerprint density at radius 1 is 0.889 bits per heavy atom. The largest absolute Gasteiger partial charge is 0.416 e. The van der Waals surface area contributed by atoms with E-state index in [1.54, 1.807) is 0 Å². The molecule has 4 rings (SSSR count). The Kier molecular flexibility index (Phi) is 6.94. The third-order valence-electron chi connectivity index (χ3n) is 5.61. The zero-order valence-corrected chi connectivity index (χ0v) is 20.0. The molecule has 0 heterocycles. The number of hydrogen-bond donors (Lipinski definition) is 2. The molecule has 1 fully saturated rings. The van der Waals surface area contributed by atoms with Crippen molar-refractivity contribution in [1.82, 2.24) is 0 Å². The van der Waals surface area contributed by atoms with Crippen molar-refractivity contribution in [2.45, 2.75) is 16.4 Å². The SMILES string of the molecule is O=C(Nc1c(F)cccc1F)c1cc(NC(=O)C2C(c3ccc(C(F)(F)F)cc3)C2(Cl)Cl)ccc1Cl. The maximum absolute atomic E-state index is 13.9. The van der Waals surface area contributed by atoms with E-state index in [0.29, 0.717) is 5.56 Å². The van der Waals surface area contributed by atoms with E-state index >= 15 is 0 Å². The highest BCUT2D eigenvalue weighted by atomic mass is 35.5. The molecular weight excluding hydrogens is 550 g/mol. The number of anilines is 2. The molecule has 2 unspecified atom stereocenters. The van der Waals surface area contributed by atoms with Gasteiger partial charge in [-0.25, -0.2) is 8.78 Å². The quantitative estimate of drug-likeness (QED) is 0.251. The second-order valence-electron chi connectivity index (χ2n) is 7.98. The van der Waals surface area contributed by atoms with Crippen molar-refractivity contribution in [3.8, 4) is 0 Å². The van der Waals surface area contributed by atoms with Crippen molar-refractivity contribution in [3.63, 3.8) is 0 Å². The Bertz CT molecular complexity index is 1330. The van der Waals surface area contributed by atoms with Crippen LogP contribution >= 0.6 is 34.8 Å². The molecule has 36 heavy (non-hydrogen) atoms. The van der Waals surface area contributed by atoms with Crippen LogP contribution in [0.15, 0.2) is 60.7 Å². The van der Waals surface area contributed by atoms with Crippen LogP contribution in [-0.4, -0.2) is 16.1 Å². The third kappa shape index (κ3) is 5.14. The second-order valence-corrected chi connectivity index (χ2v) is 9.84. The van der Waals surface area contributed by atoms with Gasteiger partial charge in [-0.3, -0.25) is 9.59 Å². The van der Waals surface area contributed by atoms with Gasteiger partial charge in [0.2, 0.25) is 5.91 Å². The number of carbonyl (C=O) groups excluding carboxylic acids is 2. The predicted molar refractivity (Wildman–Crippen MR) is 127 cm³/mol. The zero-order chi connectivity index (χ0) is 26.4. The van der Waals surface area contributed by atoms with E-state index in [1.807, 2.05) is 0 Å². The van der Waals surface area contributed by atoms with Gasteiger partial charge in [0.05, 0.1) is 22.1 Å². The summed E-state index contributed by atoms with van der Waals surface area (Å²) in [6, 6.07) is 11.1. The minimum Gasteiger partial charge on any atom is -0.326 e. The number of nitrogens with one attached hydrogen (secondary N) is 2. The summed E-state index contributed by atoms with van der Waals surface area (Å²) in [6.45, 7) is 0. The van der Waals surface area contributed by atoms with E-state index in [2.05, 4.69) is 10.6 Å². The van der Waals surface area contributed by atoms with Crippen LogP contribution in [0.25, 0.3) is 0 Å². The summed E-state index contributed by atoms with van der Waals surface area (Å²) in [5.74, 6) is -5.35. The summed E-state index contributed by atoms with van der Waals surface area (Å²) in [5.41, 5.74) is -1.26. The summed E-state index contributed by atoms with van der Waals surface area (Å²) in [7, 11) is 0. The number of para-hydroxylation sites is 1. The lowest BCUT2D eigenvalue weighted by Gasteiger charge is -2.11. The summed E-state index contributed by atoms with van der Waals surface area (Å²) in [5, 5.41) is 4.57. The fraction of sp³-hybridized carbons (Fsp3) is 0.167. The van der Waals surface area contributed by atoms with Crippen molar-refractivity contribution in [2.75, 3.05) is 10.6 Å². The minimum atomic E-state index is -4.52. The molecule has 1 aliphatic rings. The van der Waals surface area contributed by atoms with E-state index in [9.17, 15) is 31.5 Å². The van der Waals surface area contributed by atoms with E-state index < -0.39 is 57.0 Å². The summed E-state index contributed by atoms with van der Waals surface area (Å²) in [6.07, 6.45) is -4.52. The highest BCUT2D eigenvalue weighted by molar-refractivity contribution is 6.53. The average Bonchev–Trinajstić information content (AvgIpc) is 3.39. The fourth-order valence-corrected chi connectivity index (χ4v) is 4.77. The lowest BCUT2D eigenvalue weighted by atomic mass is 10.1. The number of rotatable bonds is 5. The Morgan fingerprint density at radius 2 is 1.50 bits per heavy atom. The minimum absolute atomic E-state index is 0.0552. The van der Waals surface area contributed by atoms with Crippen LogP contribution in [0, 0.1) is 17.6 Å². The molecule has 3 aromatic rings. The molecule has 0 aromatic heterocycles. The van der Waals surface area contributed by atoms with Gasteiger partial charge in [0.25, 0.3) is 5.91 Å². The molecule has 1 saturated carbocycles. The first-order valence-electron chi connectivity index (χ1n) is 10.2. The van der Waals surface area contributed by atoms with Crippen molar-refractivity contribution < 1.29 is 31.5 Å². The van der Waals surface area contributed by atoms with Crippen LogP contribution < -0.4 is 10.6 Å². The van der Waals surface area contributed by atoms with E-state index in [-0.39, 0.29) is 16.3 Å². The van der Waals surface area contributed by atoms with Crippen molar-refractivity contribution in [2.24, 2.45) is 5.92 Å². The molecule has 2 atom stereocenters. The van der Waals surface area contributed by atoms with Crippen LogP contribution in [-0.2, 0) is 11.0 Å². The lowest BCUT2D eigenvalue weighted by Crippen LogP contribution is -2.18. The summed E-state index contributed by atoms with van der Waals surface area (Å²) < 4.78 is 64.7. The standard InChI is InChI=1S/C24H14Cl3F5N2O2/c25-15-9-8-13(10-14(15)21(35)34-20-16(28)2-1-3-17(20)29)33-22(36)19-18(23(19,26)27)11-4-6-12(7-5-11)24(30,31)32/h1-10,18-19H,(H,33,36)(H,34,35). The molecule has 1 aliphatic carbocycles. The molecule has 0 spiro atoms. The summed E-state index contributed by atoms with van der Waals surface area (Å²) >= 11 is 18.6. The first-order chi connectivity index (χ1) is 16.8. The lowest BCUT2D eigenvalue weighted by molar-refractivity contribution is -0.137. The van der Waals surface area contributed by atoms with Gasteiger partial charge >= 0.3 is 6.18 Å². The number of amides is 2. The van der Waals surface area contributed by atoms with Crippen LogP contribution in [0.4, 0.5) is 33.3 Å². The van der Waals surface area contributed by atoms with Gasteiger partial charge in [-0.1, -0.05) is 29.8 Å². The predicted octanol–water partition coefficient (Wildman–Crippen LogP) is 7.42. The van der Waals surface area contributed by atoms with Gasteiger partial charge in [-0.2, -0.15) is 13.2 Å². The number of carbonyl (C=O) groups is 2. The van der Waals surface area contributed by atoms with Gasteiger partial charge in [0.15, 0.2) is 0 Å². The Hall–Kier alpha value is -2.88. The Labute approximate surface area is 216 Å². The monoisotopic (exact) mass is 562 g/mol. The van der Waals surface area contributed by atoms with E-state index in [4.69, 9.17) is 34.8 Å². The molecular formula is C24H14Cl3F5N2O2. The normalized spacial score (nSPS) is 18.4. The Morgan fingerprint density at radius 3 is 2.08 bits per heavy atom. The van der Waals surface area contributed by atoms with Gasteiger partial charge in [-0.15, -0.1) is 23.2 Å². The van der Waals surface area contributed by atoms with Crippen LogP contribution in [0.5, 0.6) is 0 Å². The van der Waals surface area contributed by atoms with Crippen molar-refractivity contribution >= 4 is 58.0 Å². The molecule has 0 saturated heterocycles. The average molecular weight is 564 g/mol. The van der Waals surface area contributed by atoms with Gasteiger partial charge < -0.3 is 10.6 Å². The first kappa shape index (κ1) is 26.2. The van der Waals surface area contributed by atoms with E-state index in [0.717, 1.165) is 30.3 Å². The zero-order valence-electron chi connectivity index (χ0n) is 17.8. The molecule has 4 nitrogen and oxygen atoms in total. The fourth-order valence-electron chi connectivity index (χ4n) is 3.74. The topological polar surface area (TPSA) is 58.2 Å². The molecule has 2 N–H and O–H groups in total. The Balaban J connectivity index is 1.50. The molecule has 3 aromatic carbocycles. The molecule has 12 heteroatoms. The molecule has 188 valence electrons. The van der Waals surface area contributed by atoms with Gasteiger partial charge in [0.1, 0.15) is 21.7 Å². The maximum atomic E-state index is 13.9. The highest BCUT2D eigenvalue weighted by Crippen LogP contribution is 2.65. The molecule has 0 bridgehead atoms. The first-order valence-corrected chi connectivity index (χ1v) is 11.3. The number of hydrogen-bond acceptors (Lipinski definition) is 2. The number of alkyl halides is 5. The maximum Gasteiger partial charge on any atom is 0.416 e. The van der Waals surface area contributed by atoms with Gasteiger partial charge in [0, 0.05) is 11.6 Å². The molecule has 0 aliphatic heterocycles. The van der Waals surface area contributed by atoms with Crippen LogP contribution in [0.1, 0.15) is 27.4 Å². The smallest absolute Gasteiger partial charge is 0.326 e. The van der Waals surface area contributed by atoms with E-state index in [1.165, 1.54) is 30.3 Å². The van der Waals surface area contributed by atoms with Gasteiger partial charge in [-0.05, 0) is 48.0 Å². The second kappa shape index (κ2) is 9.53. The third-order valence-corrected chi connectivity index (χ3v) is 6.88. The number of halogens is 8. The molecule has 0 radical (unpaired) electrons. The summed E-state index contributed by atoms with van der Waals surface area (Å²) in [4.78, 5) is 25.5. The van der Waals surface area contributed by atoms with Crippen LogP contribution in [0.2, 0.25) is 5.02 Å². The molecule has 2 amide bonds. The van der Waals surface area contributed by atoms with Crippen molar-refractivity contribution in [1.29, 1.82) is 0 Å². The van der Waals surface area contributed by atoms with Crippen molar-refractivity contribution in [3.05, 3.63) is 94.0 Å². The number of benzene rings is 3.